The van der Waals surface area contributed by atoms with E-state index < -0.39 is 11.7 Å². The fraction of sp³-hybridized carbons (Fsp3) is 0.471. The first-order chi connectivity index (χ1) is 10.4. The maximum Gasteiger partial charge on any atom is 0.198 e. The third-order valence-corrected chi connectivity index (χ3v) is 4.52. The minimum atomic E-state index is -0.559. The van der Waals surface area contributed by atoms with Crippen molar-refractivity contribution in [3.05, 3.63) is 28.8 Å². The number of methoxy groups -OCH3 is 1. The Balaban J connectivity index is 2.19. The van der Waals surface area contributed by atoms with Gasteiger partial charge in [-0.05, 0) is 33.1 Å². The number of ketones is 1. The Morgan fingerprint density at radius 2 is 2.14 bits per heavy atom. The predicted molar refractivity (Wildman–Crippen MR) is 80.6 cm³/mol. The van der Waals surface area contributed by atoms with Gasteiger partial charge in [0.15, 0.2) is 17.3 Å². The maximum atomic E-state index is 12.7. The molecular weight excluding hydrogens is 284 g/mol. The van der Waals surface area contributed by atoms with Gasteiger partial charge in [0.2, 0.25) is 0 Å². The van der Waals surface area contributed by atoms with E-state index in [1.54, 1.807) is 0 Å². The number of aromatic hydroxyl groups is 2. The quantitative estimate of drug-likeness (QED) is 0.474. The number of fused-ring (bicyclic) bond motifs is 2. The van der Waals surface area contributed by atoms with E-state index >= 15 is 0 Å². The molecule has 1 fully saturated rings. The molecular formula is C17H20O5. The van der Waals surface area contributed by atoms with E-state index in [9.17, 15) is 15.0 Å². The van der Waals surface area contributed by atoms with Crippen molar-refractivity contribution >= 4 is 5.78 Å². The van der Waals surface area contributed by atoms with Crippen LogP contribution >= 0.6 is 0 Å². The zero-order valence-corrected chi connectivity index (χ0v) is 13.0. The standard InChI is InChI=1S/C17H20O5/c1-9-5-4-6-17(2)16(22-17)15(20)13-10(7-9)14(19)12(21-3)8-11(13)18/h5,8,16,18-19H,4,6-7H2,1-3H3/b9-5+/t16-,17-/m1/s1. The Morgan fingerprint density at radius 1 is 1.41 bits per heavy atom. The van der Waals surface area contributed by atoms with Crippen molar-refractivity contribution in [3.63, 3.8) is 0 Å². The third-order valence-electron chi connectivity index (χ3n) is 4.52. The predicted octanol–water partition coefficient (Wildman–Crippen LogP) is 2.73. The SMILES string of the molecule is COc1cc(O)c2c(c1O)C/C(C)=C/CC[C@@]1(C)O[C@@H]1C2=O. The van der Waals surface area contributed by atoms with Gasteiger partial charge in [0, 0.05) is 11.6 Å². The molecule has 2 aliphatic rings. The topological polar surface area (TPSA) is 79.3 Å². The van der Waals surface area contributed by atoms with Crippen molar-refractivity contribution in [1.29, 1.82) is 0 Å². The fourth-order valence-corrected chi connectivity index (χ4v) is 3.13. The lowest BCUT2D eigenvalue weighted by Gasteiger charge is -2.17. The van der Waals surface area contributed by atoms with Gasteiger partial charge in [0.1, 0.15) is 17.5 Å². The van der Waals surface area contributed by atoms with Crippen LogP contribution in [0.1, 0.15) is 42.6 Å². The van der Waals surface area contributed by atoms with E-state index in [0.29, 0.717) is 12.0 Å². The maximum absolute atomic E-state index is 12.7. The lowest BCUT2D eigenvalue weighted by atomic mass is 9.88. The zero-order chi connectivity index (χ0) is 16.1. The number of phenolic OH excluding ortho intramolecular Hbond substituents is 2. The first-order valence-electron chi connectivity index (χ1n) is 7.37. The highest BCUT2D eigenvalue weighted by molar-refractivity contribution is 6.06. The van der Waals surface area contributed by atoms with Crippen LogP contribution in [0.5, 0.6) is 17.2 Å². The van der Waals surface area contributed by atoms with Crippen LogP contribution in [-0.2, 0) is 11.2 Å². The molecule has 1 heterocycles. The first kappa shape index (κ1) is 14.9. The summed E-state index contributed by atoms with van der Waals surface area (Å²) in [5.74, 6) is -0.392. The summed E-state index contributed by atoms with van der Waals surface area (Å²) in [7, 11) is 1.41. The number of carbonyl (C=O) groups is 1. The molecule has 1 aromatic rings. The molecule has 0 unspecified atom stereocenters. The number of epoxide rings is 1. The number of hydrogen-bond donors (Lipinski definition) is 2. The number of benzene rings is 1. The van der Waals surface area contributed by atoms with E-state index in [1.165, 1.54) is 13.2 Å². The smallest absolute Gasteiger partial charge is 0.198 e. The Labute approximate surface area is 129 Å². The number of phenols is 2. The molecule has 2 atom stereocenters. The van der Waals surface area contributed by atoms with E-state index in [4.69, 9.17) is 9.47 Å². The molecule has 1 aliphatic carbocycles. The molecule has 1 aliphatic heterocycles. The molecule has 118 valence electrons. The van der Waals surface area contributed by atoms with Crippen molar-refractivity contribution in [2.45, 2.75) is 44.8 Å². The van der Waals surface area contributed by atoms with Gasteiger partial charge in [-0.1, -0.05) is 11.6 Å². The Kier molecular flexibility index (Phi) is 3.40. The molecule has 0 spiro atoms. The molecule has 0 bridgehead atoms. The van der Waals surface area contributed by atoms with Crippen LogP contribution in [0, 0.1) is 0 Å². The van der Waals surface area contributed by atoms with E-state index in [1.807, 2.05) is 13.8 Å². The molecule has 5 heteroatoms. The summed E-state index contributed by atoms with van der Waals surface area (Å²) >= 11 is 0. The van der Waals surface area contributed by atoms with Gasteiger partial charge in [-0.2, -0.15) is 0 Å². The van der Waals surface area contributed by atoms with Gasteiger partial charge in [-0.3, -0.25) is 4.79 Å². The summed E-state index contributed by atoms with van der Waals surface area (Å²) in [5.41, 5.74) is 1.08. The van der Waals surface area contributed by atoms with E-state index in [-0.39, 0.29) is 28.6 Å². The molecule has 0 amide bonds. The molecule has 0 aromatic heterocycles. The molecule has 1 aromatic carbocycles. The third kappa shape index (κ3) is 2.25. The number of carbonyl (C=O) groups excluding carboxylic acids is 1. The summed E-state index contributed by atoms with van der Waals surface area (Å²) in [6.07, 6.45) is 3.49. The normalized spacial score (nSPS) is 29.9. The second-order valence-corrected chi connectivity index (χ2v) is 6.24. The van der Waals surface area contributed by atoms with Crippen LogP contribution in [0.4, 0.5) is 0 Å². The van der Waals surface area contributed by atoms with Gasteiger partial charge in [-0.15, -0.1) is 0 Å². The highest BCUT2D eigenvalue weighted by Gasteiger charge is 2.57. The van der Waals surface area contributed by atoms with Gasteiger partial charge in [0.05, 0.1) is 12.7 Å². The number of hydrogen-bond acceptors (Lipinski definition) is 5. The number of rotatable bonds is 1. The van der Waals surface area contributed by atoms with Crippen LogP contribution in [0.3, 0.4) is 0 Å². The molecule has 1 saturated heterocycles. The van der Waals surface area contributed by atoms with Crippen molar-refractivity contribution in [1.82, 2.24) is 0 Å². The zero-order valence-electron chi connectivity index (χ0n) is 13.0. The Bertz CT molecular complexity index is 676. The molecule has 5 nitrogen and oxygen atoms in total. The van der Waals surface area contributed by atoms with Crippen LogP contribution in [0.15, 0.2) is 17.7 Å². The second kappa shape index (κ2) is 5.02. The minimum absolute atomic E-state index is 0.0978. The van der Waals surface area contributed by atoms with Crippen molar-refractivity contribution < 1.29 is 24.5 Å². The average Bonchev–Trinajstić information content (AvgIpc) is 3.13. The van der Waals surface area contributed by atoms with Gasteiger partial charge >= 0.3 is 0 Å². The van der Waals surface area contributed by atoms with Crippen LogP contribution in [-0.4, -0.2) is 34.8 Å². The Morgan fingerprint density at radius 3 is 2.82 bits per heavy atom. The second-order valence-electron chi connectivity index (χ2n) is 6.24. The van der Waals surface area contributed by atoms with Crippen molar-refractivity contribution in [2.75, 3.05) is 7.11 Å². The van der Waals surface area contributed by atoms with Crippen molar-refractivity contribution in [2.24, 2.45) is 0 Å². The van der Waals surface area contributed by atoms with Gasteiger partial charge in [-0.25, -0.2) is 0 Å². The number of allylic oxidation sites excluding steroid dienone is 2. The van der Waals surface area contributed by atoms with Gasteiger partial charge in [0.25, 0.3) is 0 Å². The van der Waals surface area contributed by atoms with Crippen molar-refractivity contribution in [3.8, 4) is 17.2 Å². The molecule has 3 rings (SSSR count). The van der Waals surface area contributed by atoms with Crippen LogP contribution < -0.4 is 4.74 Å². The van der Waals surface area contributed by atoms with Crippen LogP contribution in [0.2, 0.25) is 0 Å². The number of ether oxygens (including phenoxy) is 2. The fourth-order valence-electron chi connectivity index (χ4n) is 3.13. The lowest BCUT2D eigenvalue weighted by molar-refractivity contribution is 0.0949. The lowest BCUT2D eigenvalue weighted by Crippen LogP contribution is -2.20. The molecule has 0 saturated carbocycles. The van der Waals surface area contributed by atoms with Crippen LogP contribution in [0.25, 0.3) is 0 Å². The average molecular weight is 304 g/mol. The minimum Gasteiger partial charge on any atom is -0.507 e. The monoisotopic (exact) mass is 304 g/mol. The number of Topliss-reactive ketones (excluding diaryl/α,β-unsaturated/α-hetero) is 1. The highest BCUT2D eigenvalue weighted by Crippen LogP contribution is 2.47. The summed E-state index contributed by atoms with van der Waals surface area (Å²) in [6.45, 7) is 3.85. The molecule has 2 N–H and O–H groups in total. The largest absolute Gasteiger partial charge is 0.507 e. The van der Waals surface area contributed by atoms with Gasteiger partial charge < -0.3 is 19.7 Å². The first-order valence-corrected chi connectivity index (χ1v) is 7.37. The summed E-state index contributed by atoms with van der Waals surface area (Å²) in [6, 6.07) is 1.27. The highest BCUT2D eigenvalue weighted by atomic mass is 16.6. The summed E-state index contributed by atoms with van der Waals surface area (Å²) < 4.78 is 10.7. The molecule has 0 radical (unpaired) electrons. The van der Waals surface area contributed by atoms with E-state index in [2.05, 4.69) is 6.08 Å². The van der Waals surface area contributed by atoms with E-state index in [0.717, 1.165) is 18.4 Å². The Hall–Kier alpha value is -2.01. The summed E-state index contributed by atoms with van der Waals surface area (Å²) in [5, 5.41) is 20.6. The molecule has 22 heavy (non-hydrogen) atoms. The summed E-state index contributed by atoms with van der Waals surface area (Å²) in [4.78, 5) is 12.7.